The standard InChI is InChI=1S/C25H25ClF3N5O3S.2ClH/c1-38(35,36)10-9-30-14-16-7-8-31-23-20(11-16)24(33-15-32-23)34-18-5-6-22(21(26)13-18)37-19-4-2-3-17(12-19)25(27,28)29;;/h2-6,11-13,15,30H,7-10,14H2,1H3,(H2,31,32,33,34);2*1H. The first-order valence-electron chi connectivity index (χ1n) is 11.6. The van der Waals surface area contributed by atoms with E-state index >= 15 is 0 Å². The SMILES string of the molecule is CS(=O)(=O)CCNCC1=Cc2c(ncnc2Nc2ccc(Oc3cccc(C(F)(F)F)c3)c(Cl)c2)NCC1.Cl.Cl. The van der Waals surface area contributed by atoms with E-state index in [-0.39, 0.29) is 47.1 Å². The molecule has 1 aliphatic rings. The molecule has 0 amide bonds. The molecular formula is C25H27Cl3F3N5O3S. The Morgan fingerprint density at radius 2 is 1.90 bits per heavy atom. The fourth-order valence-corrected chi connectivity index (χ4v) is 4.43. The topological polar surface area (TPSA) is 105 Å². The van der Waals surface area contributed by atoms with Crippen molar-refractivity contribution in [3.63, 3.8) is 0 Å². The van der Waals surface area contributed by atoms with Crippen molar-refractivity contribution in [2.75, 3.05) is 42.3 Å². The van der Waals surface area contributed by atoms with Crippen molar-refractivity contribution in [3.8, 4) is 11.5 Å². The molecule has 0 aliphatic carbocycles. The van der Waals surface area contributed by atoms with Gasteiger partial charge < -0.3 is 20.7 Å². The van der Waals surface area contributed by atoms with Crippen LogP contribution in [0.2, 0.25) is 5.02 Å². The first-order chi connectivity index (χ1) is 18.0. The first-order valence-corrected chi connectivity index (χ1v) is 14.0. The average Bonchev–Trinajstić information content (AvgIpc) is 3.05. The highest BCUT2D eigenvalue weighted by Gasteiger charge is 2.30. The molecular weight excluding hydrogens is 614 g/mol. The molecule has 0 saturated carbocycles. The lowest BCUT2D eigenvalue weighted by Crippen LogP contribution is -2.24. The lowest BCUT2D eigenvalue weighted by Gasteiger charge is -2.14. The average molecular weight is 641 g/mol. The van der Waals surface area contributed by atoms with Gasteiger partial charge in [-0.1, -0.05) is 23.2 Å². The minimum atomic E-state index is -4.48. The zero-order valence-corrected chi connectivity index (χ0v) is 24.3. The fourth-order valence-electron chi connectivity index (χ4n) is 3.70. The van der Waals surface area contributed by atoms with Crippen LogP contribution in [0.15, 0.2) is 54.4 Å². The maximum absolute atomic E-state index is 13.0. The van der Waals surface area contributed by atoms with Gasteiger partial charge in [0.1, 0.15) is 39.3 Å². The zero-order valence-electron chi connectivity index (χ0n) is 21.1. The number of fused-ring (bicyclic) bond motifs is 1. The summed E-state index contributed by atoms with van der Waals surface area (Å²) in [5.41, 5.74) is 1.54. The fraction of sp³-hybridized carbons (Fsp3) is 0.280. The number of sulfone groups is 1. The van der Waals surface area contributed by atoms with Gasteiger partial charge in [-0.05, 0) is 48.9 Å². The minimum Gasteiger partial charge on any atom is -0.456 e. The van der Waals surface area contributed by atoms with E-state index in [0.29, 0.717) is 37.0 Å². The molecule has 0 radical (unpaired) electrons. The van der Waals surface area contributed by atoms with Crippen LogP contribution in [0.4, 0.5) is 30.5 Å². The predicted octanol–water partition coefficient (Wildman–Crippen LogP) is 6.36. The van der Waals surface area contributed by atoms with Gasteiger partial charge in [0.05, 0.1) is 21.9 Å². The molecule has 8 nitrogen and oxygen atoms in total. The number of nitrogens with one attached hydrogen (secondary N) is 3. The van der Waals surface area contributed by atoms with E-state index < -0.39 is 21.6 Å². The number of hydrogen-bond acceptors (Lipinski definition) is 8. The van der Waals surface area contributed by atoms with Crippen molar-refractivity contribution in [1.82, 2.24) is 15.3 Å². The molecule has 1 aliphatic heterocycles. The minimum absolute atomic E-state index is 0. The Morgan fingerprint density at radius 3 is 2.60 bits per heavy atom. The summed E-state index contributed by atoms with van der Waals surface area (Å²) >= 11 is 6.38. The molecule has 1 aromatic heterocycles. The summed E-state index contributed by atoms with van der Waals surface area (Å²) in [6.45, 7) is 1.51. The number of ether oxygens (including phenoxy) is 1. The predicted molar refractivity (Wildman–Crippen MR) is 156 cm³/mol. The van der Waals surface area contributed by atoms with E-state index in [1.807, 2.05) is 6.08 Å². The third-order valence-electron chi connectivity index (χ3n) is 5.56. The van der Waals surface area contributed by atoms with Crippen molar-refractivity contribution >= 4 is 69.7 Å². The molecule has 0 unspecified atom stereocenters. The molecule has 0 atom stereocenters. The maximum atomic E-state index is 13.0. The van der Waals surface area contributed by atoms with E-state index in [1.165, 1.54) is 24.7 Å². The number of rotatable bonds is 9. The van der Waals surface area contributed by atoms with Crippen LogP contribution in [0.3, 0.4) is 0 Å². The highest BCUT2D eigenvalue weighted by atomic mass is 35.5. The van der Waals surface area contributed by atoms with Crippen LogP contribution >= 0.6 is 36.4 Å². The summed E-state index contributed by atoms with van der Waals surface area (Å²) in [6, 6.07) is 9.36. The second-order valence-corrected chi connectivity index (χ2v) is 11.3. The number of aromatic nitrogens is 2. The molecule has 2 aromatic carbocycles. The monoisotopic (exact) mass is 639 g/mol. The van der Waals surface area contributed by atoms with Gasteiger partial charge in [0, 0.05) is 31.6 Å². The Hall–Kier alpha value is -2.77. The van der Waals surface area contributed by atoms with Gasteiger partial charge in [-0.2, -0.15) is 13.2 Å². The van der Waals surface area contributed by atoms with Crippen LogP contribution in [0, 0.1) is 0 Å². The highest BCUT2D eigenvalue weighted by molar-refractivity contribution is 7.90. The van der Waals surface area contributed by atoms with E-state index in [4.69, 9.17) is 16.3 Å². The van der Waals surface area contributed by atoms with E-state index in [1.54, 1.807) is 18.2 Å². The Balaban J connectivity index is 0.00000280. The Bertz CT molecular complexity index is 1460. The molecule has 0 spiro atoms. The van der Waals surface area contributed by atoms with Gasteiger partial charge in [-0.15, -0.1) is 24.8 Å². The van der Waals surface area contributed by atoms with Crippen molar-refractivity contribution in [2.45, 2.75) is 12.6 Å². The number of hydrogen-bond donors (Lipinski definition) is 3. The Morgan fingerprint density at radius 1 is 1.12 bits per heavy atom. The smallest absolute Gasteiger partial charge is 0.416 e. The van der Waals surface area contributed by atoms with Crippen molar-refractivity contribution in [2.24, 2.45) is 0 Å². The van der Waals surface area contributed by atoms with Crippen LogP contribution < -0.4 is 20.7 Å². The number of alkyl halides is 3. The highest BCUT2D eigenvalue weighted by Crippen LogP contribution is 2.36. The maximum Gasteiger partial charge on any atom is 0.416 e. The number of benzene rings is 2. The summed E-state index contributed by atoms with van der Waals surface area (Å²) < 4.78 is 67.3. The quantitative estimate of drug-likeness (QED) is 0.232. The summed E-state index contributed by atoms with van der Waals surface area (Å²) in [7, 11) is -3.05. The van der Waals surface area contributed by atoms with Crippen LogP contribution in [0.5, 0.6) is 11.5 Å². The van der Waals surface area contributed by atoms with Crippen LogP contribution in [0.25, 0.3) is 6.08 Å². The van der Waals surface area contributed by atoms with E-state index in [9.17, 15) is 21.6 Å². The lowest BCUT2D eigenvalue weighted by atomic mass is 10.1. The molecule has 0 fully saturated rings. The zero-order chi connectivity index (χ0) is 27.3. The van der Waals surface area contributed by atoms with Gasteiger partial charge >= 0.3 is 6.18 Å². The van der Waals surface area contributed by atoms with Crippen molar-refractivity contribution < 1.29 is 26.3 Å². The molecule has 218 valence electrons. The third kappa shape index (κ3) is 9.41. The molecule has 40 heavy (non-hydrogen) atoms. The number of nitrogens with zero attached hydrogens (tertiary/aromatic N) is 2. The largest absolute Gasteiger partial charge is 0.456 e. The van der Waals surface area contributed by atoms with Gasteiger partial charge in [0.2, 0.25) is 0 Å². The van der Waals surface area contributed by atoms with Crippen LogP contribution in [0.1, 0.15) is 17.5 Å². The summed E-state index contributed by atoms with van der Waals surface area (Å²) in [6.07, 6.45) is 0.824. The summed E-state index contributed by atoms with van der Waals surface area (Å²) in [4.78, 5) is 8.67. The van der Waals surface area contributed by atoms with Gasteiger partial charge in [-0.25, -0.2) is 18.4 Å². The molecule has 0 bridgehead atoms. The lowest BCUT2D eigenvalue weighted by molar-refractivity contribution is -0.137. The van der Waals surface area contributed by atoms with Gasteiger partial charge in [-0.3, -0.25) is 0 Å². The first kappa shape index (κ1) is 33.4. The summed E-state index contributed by atoms with van der Waals surface area (Å²) in [5, 5.41) is 9.82. The van der Waals surface area contributed by atoms with Crippen LogP contribution in [-0.4, -0.2) is 50.0 Å². The summed E-state index contributed by atoms with van der Waals surface area (Å²) in [5.74, 6) is 1.42. The normalized spacial score (nSPS) is 13.0. The Kier molecular flexibility index (Phi) is 11.9. The molecule has 0 saturated heterocycles. The molecule has 15 heteroatoms. The van der Waals surface area contributed by atoms with Gasteiger partial charge in [0.25, 0.3) is 0 Å². The van der Waals surface area contributed by atoms with Crippen LogP contribution in [-0.2, 0) is 16.0 Å². The van der Waals surface area contributed by atoms with E-state index in [2.05, 4.69) is 25.9 Å². The number of anilines is 3. The molecule has 3 N–H and O–H groups in total. The van der Waals surface area contributed by atoms with Crippen molar-refractivity contribution in [1.29, 1.82) is 0 Å². The van der Waals surface area contributed by atoms with Gasteiger partial charge in [0.15, 0.2) is 0 Å². The van der Waals surface area contributed by atoms with E-state index in [0.717, 1.165) is 29.7 Å². The molecule has 2 heterocycles. The second kappa shape index (κ2) is 14.2. The Labute approximate surface area is 247 Å². The number of halogens is 6. The third-order valence-corrected chi connectivity index (χ3v) is 6.80. The molecule has 4 rings (SSSR count). The van der Waals surface area contributed by atoms with Crippen molar-refractivity contribution in [3.05, 3.63) is 70.5 Å². The molecule has 3 aromatic rings. The second-order valence-electron chi connectivity index (χ2n) is 8.67.